The molecule has 90 valence electrons. The van der Waals surface area contributed by atoms with Crippen molar-refractivity contribution in [3.8, 4) is 0 Å². The summed E-state index contributed by atoms with van der Waals surface area (Å²) in [6.07, 6.45) is 5.54. The van der Waals surface area contributed by atoms with Gasteiger partial charge in [-0.15, -0.1) is 0 Å². The van der Waals surface area contributed by atoms with Gasteiger partial charge >= 0.3 is 0 Å². The molecule has 0 saturated heterocycles. The molecule has 0 spiro atoms. The predicted molar refractivity (Wildman–Crippen MR) is 69.0 cm³/mol. The van der Waals surface area contributed by atoms with E-state index in [2.05, 4.69) is 13.8 Å². The molecular weight excluding hydrogens is 172 g/mol. The Morgan fingerprint density at radius 1 is 0.571 bits per heavy atom. The van der Waals surface area contributed by atoms with E-state index in [-0.39, 0.29) is 0 Å². The monoisotopic (exact) mass is 204 g/mol. The first-order valence-electron chi connectivity index (χ1n) is 5.60. The van der Waals surface area contributed by atoms with Crippen molar-refractivity contribution in [1.82, 2.24) is 9.80 Å². The normalized spacial score (nSPS) is 9.00. The van der Waals surface area contributed by atoms with Crippen molar-refractivity contribution in [2.24, 2.45) is 0 Å². The number of hydrogen-bond donors (Lipinski definition) is 0. The van der Waals surface area contributed by atoms with Crippen molar-refractivity contribution in [2.75, 3.05) is 42.3 Å². The molecule has 2 heteroatoms. The topological polar surface area (TPSA) is 6.48 Å². The summed E-state index contributed by atoms with van der Waals surface area (Å²) in [6, 6.07) is 0. The lowest BCUT2D eigenvalue weighted by atomic mass is 10.2. The third kappa shape index (κ3) is 167. The Morgan fingerprint density at radius 2 is 0.714 bits per heavy atom. The molecule has 0 aromatic carbocycles. The molecular formula is C12H32N2. The first kappa shape index (κ1) is 19.5. The largest absolute Gasteiger partial charge is 0.312 e. The average Bonchev–Trinajstić information content (AvgIpc) is 1.98. The second kappa shape index (κ2) is 18.7. The summed E-state index contributed by atoms with van der Waals surface area (Å²) in [5.74, 6) is 0. The van der Waals surface area contributed by atoms with Crippen LogP contribution in [-0.2, 0) is 0 Å². The molecule has 0 radical (unpaired) electrons. The maximum absolute atomic E-state index is 2.23. The molecule has 0 aliphatic heterocycles. The second-order valence-corrected chi connectivity index (χ2v) is 4.39. The smallest absolute Gasteiger partial charge is 0.0140 e. The van der Waals surface area contributed by atoms with Crippen molar-refractivity contribution in [1.29, 1.82) is 0 Å². The van der Waals surface area contributed by atoms with Gasteiger partial charge in [0.2, 0.25) is 0 Å². The van der Waals surface area contributed by atoms with Gasteiger partial charge in [-0.05, 0) is 42.3 Å². The number of hydrogen-bond acceptors (Lipinski definition) is 2. The van der Waals surface area contributed by atoms with Crippen LogP contribution in [0.15, 0.2) is 0 Å². The standard InChI is InChI=1S/C6H14.2C3H9N/c1-3-5-6-4-2;2*1-4(2)3/h3-6H2,1-2H3;2*1-3H3. The van der Waals surface area contributed by atoms with Crippen LogP contribution >= 0.6 is 0 Å². The number of rotatable bonds is 3. The second-order valence-electron chi connectivity index (χ2n) is 4.39. The van der Waals surface area contributed by atoms with Crippen molar-refractivity contribution >= 4 is 0 Å². The SMILES string of the molecule is CCCCCC.CN(C)C.CN(C)C. The zero-order valence-corrected chi connectivity index (χ0v) is 11.7. The molecule has 0 unspecified atom stereocenters. The average molecular weight is 204 g/mol. The lowest BCUT2D eigenvalue weighted by Gasteiger charge is -1.90. The number of unbranched alkanes of at least 4 members (excludes halogenated alkanes) is 3. The van der Waals surface area contributed by atoms with Gasteiger partial charge in [-0.25, -0.2) is 0 Å². The Balaban J connectivity index is -0.000000135. The molecule has 0 aromatic heterocycles. The fraction of sp³-hybridized carbons (Fsp3) is 1.00. The van der Waals surface area contributed by atoms with E-state index in [1.807, 2.05) is 52.1 Å². The summed E-state index contributed by atoms with van der Waals surface area (Å²) in [7, 11) is 12.0. The van der Waals surface area contributed by atoms with Crippen LogP contribution in [-0.4, -0.2) is 52.1 Å². The van der Waals surface area contributed by atoms with Crippen LogP contribution in [0.1, 0.15) is 39.5 Å². The van der Waals surface area contributed by atoms with E-state index in [1.165, 1.54) is 25.7 Å². The van der Waals surface area contributed by atoms with Crippen LogP contribution in [0.2, 0.25) is 0 Å². The molecule has 2 nitrogen and oxygen atoms in total. The Hall–Kier alpha value is -0.0800. The summed E-state index contributed by atoms with van der Waals surface area (Å²) >= 11 is 0. The van der Waals surface area contributed by atoms with E-state index < -0.39 is 0 Å². The quantitative estimate of drug-likeness (QED) is 0.652. The van der Waals surface area contributed by atoms with Crippen molar-refractivity contribution in [3.05, 3.63) is 0 Å². The molecule has 0 aliphatic rings. The van der Waals surface area contributed by atoms with Gasteiger partial charge < -0.3 is 9.80 Å². The fourth-order valence-electron chi connectivity index (χ4n) is 0.500. The summed E-state index contributed by atoms with van der Waals surface area (Å²) < 4.78 is 0. The van der Waals surface area contributed by atoms with Gasteiger partial charge in [0.1, 0.15) is 0 Å². The van der Waals surface area contributed by atoms with Gasteiger partial charge in [0.25, 0.3) is 0 Å². The molecule has 14 heavy (non-hydrogen) atoms. The first-order chi connectivity index (χ1) is 6.38. The minimum atomic E-state index is 1.36. The van der Waals surface area contributed by atoms with Crippen LogP contribution in [0.25, 0.3) is 0 Å². The van der Waals surface area contributed by atoms with E-state index in [9.17, 15) is 0 Å². The predicted octanol–water partition coefficient (Wildman–Crippen LogP) is 2.94. The molecule has 0 atom stereocenters. The van der Waals surface area contributed by atoms with Gasteiger partial charge in [-0.3, -0.25) is 0 Å². The Bertz CT molecular complexity index is 55.2. The summed E-state index contributed by atoms with van der Waals surface area (Å²) in [5.41, 5.74) is 0. The fourth-order valence-corrected chi connectivity index (χ4v) is 0.500. The van der Waals surface area contributed by atoms with Gasteiger partial charge in [-0.2, -0.15) is 0 Å². The van der Waals surface area contributed by atoms with Crippen LogP contribution in [0.4, 0.5) is 0 Å². The molecule has 0 fully saturated rings. The highest BCUT2D eigenvalue weighted by molar-refractivity contribution is 4.31. The summed E-state index contributed by atoms with van der Waals surface area (Å²) in [6.45, 7) is 4.46. The van der Waals surface area contributed by atoms with E-state index in [1.54, 1.807) is 0 Å². The Morgan fingerprint density at radius 3 is 0.786 bits per heavy atom. The lowest BCUT2D eigenvalue weighted by Crippen LogP contribution is -1.99. The zero-order valence-electron chi connectivity index (χ0n) is 11.7. The molecule has 0 saturated carbocycles. The van der Waals surface area contributed by atoms with E-state index in [0.29, 0.717) is 0 Å². The highest BCUT2D eigenvalue weighted by atomic mass is 15.0. The summed E-state index contributed by atoms with van der Waals surface area (Å²) in [5, 5.41) is 0. The van der Waals surface area contributed by atoms with Gasteiger partial charge in [-0.1, -0.05) is 39.5 Å². The first-order valence-corrected chi connectivity index (χ1v) is 5.60. The van der Waals surface area contributed by atoms with Gasteiger partial charge in [0.05, 0.1) is 0 Å². The molecule has 0 N–H and O–H groups in total. The van der Waals surface area contributed by atoms with Gasteiger partial charge in [0.15, 0.2) is 0 Å². The van der Waals surface area contributed by atoms with Crippen molar-refractivity contribution < 1.29 is 0 Å². The maximum Gasteiger partial charge on any atom is -0.0140 e. The molecule has 0 bridgehead atoms. The molecule has 0 amide bonds. The van der Waals surface area contributed by atoms with Crippen molar-refractivity contribution in [2.45, 2.75) is 39.5 Å². The minimum absolute atomic E-state index is 1.36. The lowest BCUT2D eigenvalue weighted by molar-refractivity contribution is 0.505. The van der Waals surface area contributed by atoms with E-state index in [0.717, 1.165) is 0 Å². The maximum atomic E-state index is 2.23. The molecule has 0 rings (SSSR count). The van der Waals surface area contributed by atoms with Crippen LogP contribution in [0.3, 0.4) is 0 Å². The van der Waals surface area contributed by atoms with Gasteiger partial charge in [0, 0.05) is 0 Å². The van der Waals surface area contributed by atoms with E-state index >= 15 is 0 Å². The van der Waals surface area contributed by atoms with Crippen LogP contribution < -0.4 is 0 Å². The number of nitrogens with zero attached hydrogens (tertiary/aromatic N) is 2. The third-order valence-electron chi connectivity index (χ3n) is 0.957. The van der Waals surface area contributed by atoms with Crippen LogP contribution in [0.5, 0.6) is 0 Å². The summed E-state index contributed by atoms with van der Waals surface area (Å²) in [4.78, 5) is 4.00. The highest BCUT2D eigenvalue weighted by Crippen LogP contribution is 1.95. The zero-order chi connectivity index (χ0) is 12.0. The molecule has 0 heterocycles. The van der Waals surface area contributed by atoms with Crippen molar-refractivity contribution in [3.63, 3.8) is 0 Å². The Kier molecular flexibility index (Phi) is 26.0. The minimum Gasteiger partial charge on any atom is -0.312 e. The molecule has 0 aliphatic carbocycles. The highest BCUT2D eigenvalue weighted by Gasteiger charge is 1.75. The third-order valence-corrected chi connectivity index (χ3v) is 0.957. The van der Waals surface area contributed by atoms with E-state index in [4.69, 9.17) is 0 Å². The Labute approximate surface area is 92.3 Å². The molecule has 0 aromatic rings. The van der Waals surface area contributed by atoms with Crippen LogP contribution in [0, 0.1) is 0 Å².